The average Bonchev–Trinajstić information content (AvgIpc) is 2.40. The summed E-state index contributed by atoms with van der Waals surface area (Å²) in [7, 11) is 0. The number of urea groups is 1. The van der Waals surface area contributed by atoms with Crippen molar-refractivity contribution in [1.82, 2.24) is 21.6 Å². The smallest absolute Gasteiger partial charge is 0.314 e. The van der Waals surface area contributed by atoms with Crippen molar-refractivity contribution in [3.8, 4) is 0 Å². The third-order valence-electron chi connectivity index (χ3n) is 2.51. The summed E-state index contributed by atoms with van der Waals surface area (Å²) >= 11 is 0. The summed E-state index contributed by atoms with van der Waals surface area (Å²) in [5.41, 5.74) is 10.2. The molecule has 1 fully saturated rings. The van der Waals surface area contributed by atoms with Gasteiger partial charge in [0, 0.05) is 6.21 Å². The summed E-state index contributed by atoms with van der Waals surface area (Å²) in [6, 6.07) is 9.75. The van der Waals surface area contributed by atoms with Gasteiger partial charge in [0.05, 0.1) is 6.54 Å². The average molecular weight is 259 g/mol. The van der Waals surface area contributed by atoms with Gasteiger partial charge in [0.15, 0.2) is 0 Å². The van der Waals surface area contributed by atoms with Crippen molar-refractivity contribution >= 4 is 18.3 Å². The lowest BCUT2D eigenvalue weighted by Crippen LogP contribution is -2.62. The van der Waals surface area contributed by atoms with Gasteiger partial charge in [0.25, 0.3) is 0 Å². The summed E-state index contributed by atoms with van der Waals surface area (Å²) in [5, 5.41) is 6.78. The predicted molar refractivity (Wildman–Crippen MR) is 75.2 cm³/mol. The van der Waals surface area contributed by atoms with Crippen LogP contribution in [0.2, 0.25) is 0 Å². The molecule has 2 rings (SSSR count). The largest absolute Gasteiger partial charge is 0.330 e. The highest BCUT2D eigenvalue weighted by Gasteiger charge is 2.15. The monoisotopic (exact) mass is 259 g/mol. The van der Waals surface area contributed by atoms with Gasteiger partial charge < -0.3 is 5.32 Å². The summed E-state index contributed by atoms with van der Waals surface area (Å²) in [5.74, 6) is 0. The Balaban J connectivity index is 1.85. The van der Waals surface area contributed by atoms with Crippen LogP contribution in [0, 0.1) is 0 Å². The summed E-state index contributed by atoms with van der Waals surface area (Å²) in [6.07, 6.45) is 3.54. The first kappa shape index (κ1) is 13.1. The number of allylic oxidation sites excluding steroid dienone is 1. The number of benzene rings is 1. The van der Waals surface area contributed by atoms with Crippen LogP contribution < -0.4 is 21.6 Å². The van der Waals surface area contributed by atoms with Gasteiger partial charge in [-0.3, -0.25) is 10.9 Å². The van der Waals surface area contributed by atoms with Crippen LogP contribution in [0.4, 0.5) is 4.79 Å². The minimum atomic E-state index is -0.268. The van der Waals surface area contributed by atoms with E-state index in [1.165, 1.54) is 0 Å². The zero-order valence-electron chi connectivity index (χ0n) is 10.7. The van der Waals surface area contributed by atoms with Crippen molar-refractivity contribution in [3.05, 3.63) is 41.5 Å². The number of hydrogen-bond acceptors (Lipinski definition) is 4. The third-order valence-corrected chi connectivity index (χ3v) is 2.51. The molecular formula is C13H17N5O. The van der Waals surface area contributed by atoms with E-state index in [0.717, 1.165) is 11.1 Å². The number of carbonyl (C=O) groups excluding carboxylic acids is 1. The Morgan fingerprint density at radius 3 is 2.95 bits per heavy atom. The lowest BCUT2D eigenvalue weighted by Gasteiger charge is -2.24. The molecule has 1 aliphatic rings. The van der Waals surface area contributed by atoms with Gasteiger partial charge in [-0.2, -0.15) is 5.10 Å². The van der Waals surface area contributed by atoms with Gasteiger partial charge in [-0.25, -0.2) is 10.2 Å². The van der Waals surface area contributed by atoms with Crippen LogP contribution in [0.25, 0.3) is 6.08 Å². The van der Waals surface area contributed by atoms with E-state index >= 15 is 0 Å². The van der Waals surface area contributed by atoms with E-state index in [-0.39, 0.29) is 12.2 Å². The normalized spacial score (nSPS) is 19.9. The number of amides is 2. The quantitative estimate of drug-likeness (QED) is 0.477. The Labute approximate surface area is 111 Å². The van der Waals surface area contributed by atoms with Crippen molar-refractivity contribution < 1.29 is 4.79 Å². The van der Waals surface area contributed by atoms with Crippen LogP contribution in [0.5, 0.6) is 0 Å². The Bertz CT molecular complexity index is 483. The van der Waals surface area contributed by atoms with Crippen LogP contribution in [-0.4, -0.2) is 25.0 Å². The fourth-order valence-electron chi connectivity index (χ4n) is 1.64. The lowest BCUT2D eigenvalue weighted by atomic mass is 10.1. The first-order valence-corrected chi connectivity index (χ1v) is 6.05. The summed E-state index contributed by atoms with van der Waals surface area (Å²) < 4.78 is 0. The Morgan fingerprint density at radius 2 is 2.21 bits per heavy atom. The van der Waals surface area contributed by atoms with Crippen molar-refractivity contribution in [1.29, 1.82) is 0 Å². The molecule has 0 bridgehead atoms. The standard InChI is InChI=1S/C13H17N5O/c1-10(7-11-5-3-2-4-6-11)8-14-17-12-9-15-18-13(19)16-12/h2-8,12,15,17H,9H2,1H3,(H2,16,18,19)/b10-7+,14-8+. The predicted octanol–water partition coefficient (Wildman–Crippen LogP) is 0.809. The van der Waals surface area contributed by atoms with E-state index in [4.69, 9.17) is 0 Å². The van der Waals surface area contributed by atoms with Gasteiger partial charge in [-0.15, -0.1) is 0 Å². The molecule has 1 atom stereocenters. The van der Waals surface area contributed by atoms with Crippen molar-refractivity contribution in [2.75, 3.05) is 6.54 Å². The molecule has 0 radical (unpaired) electrons. The zero-order valence-corrected chi connectivity index (χ0v) is 10.7. The molecule has 100 valence electrons. The highest BCUT2D eigenvalue weighted by molar-refractivity contribution is 5.84. The molecule has 0 aromatic heterocycles. The molecule has 0 saturated carbocycles. The summed E-state index contributed by atoms with van der Waals surface area (Å²) in [4.78, 5) is 11.0. The second kappa shape index (κ2) is 6.55. The maximum atomic E-state index is 11.0. The van der Waals surface area contributed by atoms with Crippen LogP contribution >= 0.6 is 0 Å². The number of nitrogens with zero attached hydrogens (tertiary/aromatic N) is 1. The molecule has 1 aliphatic heterocycles. The molecule has 1 aromatic carbocycles. The van der Waals surface area contributed by atoms with Gasteiger partial charge >= 0.3 is 6.03 Å². The number of rotatable bonds is 4. The van der Waals surface area contributed by atoms with E-state index in [0.29, 0.717) is 6.54 Å². The van der Waals surface area contributed by atoms with E-state index in [2.05, 4.69) is 26.7 Å². The van der Waals surface area contributed by atoms with Gasteiger partial charge in [0.2, 0.25) is 0 Å². The maximum Gasteiger partial charge on any atom is 0.330 e. The van der Waals surface area contributed by atoms with Gasteiger partial charge in [-0.1, -0.05) is 36.4 Å². The number of carbonyl (C=O) groups is 1. The van der Waals surface area contributed by atoms with Gasteiger partial charge in [-0.05, 0) is 18.1 Å². The van der Waals surface area contributed by atoms with E-state index in [1.807, 2.05) is 43.3 Å². The molecule has 6 heteroatoms. The molecule has 4 N–H and O–H groups in total. The van der Waals surface area contributed by atoms with E-state index < -0.39 is 0 Å². The van der Waals surface area contributed by atoms with Crippen LogP contribution in [0.3, 0.4) is 0 Å². The third kappa shape index (κ3) is 4.44. The minimum Gasteiger partial charge on any atom is -0.314 e. The van der Waals surface area contributed by atoms with Crippen molar-refractivity contribution in [2.24, 2.45) is 5.10 Å². The molecule has 0 spiro atoms. The van der Waals surface area contributed by atoms with Crippen LogP contribution in [0.15, 0.2) is 41.0 Å². The Morgan fingerprint density at radius 1 is 1.42 bits per heavy atom. The SMILES string of the molecule is CC(/C=N/NC1CNNC(=O)N1)=C\c1ccccc1. The number of nitrogens with one attached hydrogen (secondary N) is 4. The number of hydrazone groups is 1. The number of hydrogen-bond donors (Lipinski definition) is 4. The minimum absolute atomic E-state index is 0.213. The van der Waals surface area contributed by atoms with Crippen LogP contribution in [0.1, 0.15) is 12.5 Å². The highest BCUT2D eigenvalue weighted by atomic mass is 16.2. The van der Waals surface area contributed by atoms with E-state index in [9.17, 15) is 4.79 Å². The number of hydrazine groups is 1. The summed E-state index contributed by atoms with van der Waals surface area (Å²) in [6.45, 7) is 2.53. The molecule has 1 unspecified atom stereocenters. The van der Waals surface area contributed by atoms with E-state index in [1.54, 1.807) is 6.21 Å². The molecule has 0 aliphatic carbocycles. The molecule has 1 saturated heterocycles. The maximum absolute atomic E-state index is 11.0. The van der Waals surface area contributed by atoms with Crippen LogP contribution in [-0.2, 0) is 0 Å². The second-order valence-corrected chi connectivity index (χ2v) is 4.22. The first-order chi connectivity index (χ1) is 9.24. The highest BCUT2D eigenvalue weighted by Crippen LogP contribution is 2.04. The fourth-order valence-corrected chi connectivity index (χ4v) is 1.64. The first-order valence-electron chi connectivity index (χ1n) is 6.05. The molecule has 2 amide bonds. The Kier molecular flexibility index (Phi) is 4.52. The molecule has 1 heterocycles. The van der Waals surface area contributed by atoms with Crippen molar-refractivity contribution in [2.45, 2.75) is 13.1 Å². The topological polar surface area (TPSA) is 77.6 Å². The van der Waals surface area contributed by atoms with Gasteiger partial charge in [0.1, 0.15) is 6.17 Å². The Hall–Kier alpha value is -2.34. The molecule has 19 heavy (non-hydrogen) atoms. The molecule has 6 nitrogen and oxygen atoms in total. The molecular weight excluding hydrogens is 242 g/mol. The van der Waals surface area contributed by atoms with Crippen molar-refractivity contribution in [3.63, 3.8) is 0 Å². The lowest BCUT2D eigenvalue weighted by molar-refractivity contribution is 0.217. The zero-order chi connectivity index (χ0) is 13.5. The second-order valence-electron chi connectivity index (χ2n) is 4.22. The molecule has 1 aromatic rings. The fraction of sp³-hybridized carbons (Fsp3) is 0.231.